The molecular formula is C20H21N3O3S. The summed E-state index contributed by atoms with van der Waals surface area (Å²) in [5.74, 6) is 0.779. The summed E-state index contributed by atoms with van der Waals surface area (Å²) in [7, 11) is 3.31. The van der Waals surface area contributed by atoms with Gasteiger partial charge in [0.25, 0.3) is 11.5 Å². The van der Waals surface area contributed by atoms with Crippen LogP contribution in [0.25, 0.3) is 10.2 Å². The van der Waals surface area contributed by atoms with Gasteiger partial charge in [0.2, 0.25) is 0 Å². The van der Waals surface area contributed by atoms with Crippen molar-refractivity contribution in [1.29, 1.82) is 0 Å². The lowest BCUT2D eigenvalue weighted by Crippen LogP contribution is -2.32. The third kappa shape index (κ3) is 3.23. The van der Waals surface area contributed by atoms with Crippen molar-refractivity contribution in [3.8, 4) is 5.75 Å². The minimum absolute atomic E-state index is 0.0177. The van der Waals surface area contributed by atoms with Crippen molar-refractivity contribution < 1.29 is 9.53 Å². The summed E-state index contributed by atoms with van der Waals surface area (Å²) < 4.78 is 6.65. The molecule has 1 aliphatic rings. The summed E-state index contributed by atoms with van der Waals surface area (Å²) in [6.07, 6.45) is 3.54. The molecule has 0 aliphatic heterocycles. The summed E-state index contributed by atoms with van der Waals surface area (Å²) in [6.45, 7) is 2.39. The normalized spacial score (nSPS) is 13.7. The topological polar surface area (TPSA) is 64.4 Å². The van der Waals surface area contributed by atoms with Gasteiger partial charge in [-0.3, -0.25) is 9.59 Å². The standard InChI is InChI=1S/C20H21N3O3S/c1-12-16-18(21-11-22(2)19(16)24)27-17(12)20(25)23(14-6-7-14)10-13-4-8-15(26-3)9-5-13/h4-5,8-9,11,14H,6-7,10H2,1-3H3. The SMILES string of the molecule is COc1ccc(CN(C(=O)c2sc3ncn(C)c(=O)c3c2C)C2CC2)cc1. The van der Waals surface area contributed by atoms with Crippen molar-refractivity contribution in [1.82, 2.24) is 14.5 Å². The number of carbonyl (C=O) groups excluding carboxylic acids is 1. The van der Waals surface area contributed by atoms with Crippen LogP contribution in [0.15, 0.2) is 35.4 Å². The molecule has 1 saturated carbocycles. The number of nitrogens with zero attached hydrogens (tertiary/aromatic N) is 3. The van der Waals surface area contributed by atoms with Crippen LogP contribution in [0, 0.1) is 6.92 Å². The molecule has 7 heteroatoms. The molecule has 1 fully saturated rings. The Kier molecular flexibility index (Phi) is 4.47. The van der Waals surface area contributed by atoms with Gasteiger partial charge >= 0.3 is 0 Å². The number of hydrogen-bond acceptors (Lipinski definition) is 5. The van der Waals surface area contributed by atoms with E-state index in [2.05, 4.69) is 4.98 Å². The summed E-state index contributed by atoms with van der Waals surface area (Å²) in [5, 5.41) is 0.550. The fourth-order valence-corrected chi connectivity index (χ4v) is 4.32. The Morgan fingerprint density at radius 2 is 2.04 bits per heavy atom. The highest BCUT2D eigenvalue weighted by molar-refractivity contribution is 7.20. The summed E-state index contributed by atoms with van der Waals surface area (Å²) in [5.41, 5.74) is 1.68. The molecule has 4 rings (SSSR count). The molecule has 0 unspecified atom stereocenters. The van der Waals surface area contributed by atoms with Crippen molar-refractivity contribution in [3.05, 3.63) is 57.0 Å². The lowest BCUT2D eigenvalue weighted by Gasteiger charge is -2.22. The number of ether oxygens (including phenoxy) is 1. The average Bonchev–Trinajstić information content (AvgIpc) is 3.46. The van der Waals surface area contributed by atoms with Gasteiger partial charge in [0.15, 0.2) is 0 Å². The first-order chi connectivity index (χ1) is 13.0. The van der Waals surface area contributed by atoms with Crippen LogP contribution in [-0.2, 0) is 13.6 Å². The zero-order chi connectivity index (χ0) is 19.1. The molecular weight excluding hydrogens is 362 g/mol. The van der Waals surface area contributed by atoms with E-state index in [1.54, 1.807) is 14.2 Å². The first kappa shape index (κ1) is 17.7. The maximum Gasteiger partial charge on any atom is 0.264 e. The zero-order valence-electron chi connectivity index (χ0n) is 15.6. The van der Waals surface area contributed by atoms with E-state index in [1.165, 1.54) is 22.2 Å². The van der Waals surface area contributed by atoms with Crippen molar-refractivity contribution >= 4 is 27.5 Å². The number of rotatable bonds is 5. The van der Waals surface area contributed by atoms with E-state index in [9.17, 15) is 9.59 Å². The quantitative estimate of drug-likeness (QED) is 0.679. The fourth-order valence-electron chi connectivity index (χ4n) is 3.22. The highest BCUT2D eigenvalue weighted by atomic mass is 32.1. The highest BCUT2D eigenvalue weighted by Gasteiger charge is 2.35. The Hall–Kier alpha value is -2.67. The second-order valence-electron chi connectivity index (χ2n) is 6.91. The van der Waals surface area contributed by atoms with Gasteiger partial charge in [-0.25, -0.2) is 4.98 Å². The largest absolute Gasteiger partial charge is 0.497 e. The molecule has 0 atom stereocenters. The smallest absolute Gasteiger partial charge is 0.264 e. The molecule has 1 aliphatic carbocycles. The third-order valence-electron chi connectivity index (χ3n) is 4.97. The molecule has 2 heterocycles. The van der Waals surface area contributed by atoms with Crippen molar-refractivity contribution in [3.63, 3.8) is 0 Å². The maximum absolute atomic E-state index is 13.3. The monoisotopic (exact) mass is 383 g/mol. The van der Waals surface area contributed by atoms with Gasteiger partial charge in [0, 0.05) is 19.6 Å². The van der Waals surface area contributed by atoms with Gasteiger partial charge in [-0.1, -0.05) is 12.1 Å². The average molecular weight is 383 g/mol. The van der Waals surface area contributed by atoms with Crippen LogP contribution in [0.5, 0.6) is 5.75 Å². The molecule has 0 N–H and O–H groups in total. The van der Waals surface area contributed by atoms with E-state index in [0.29, 0.717) is 21.6 Å². The third-order valence-corrected chi connectivity index (χ3v) is 6.15. The lowest BCUT2D eigenvalue weighted by atomic mass is 10.1. The number of thiophene rings is 1. The first-order valence-corrected chi connectivity index (χ1v) is 9.70. The molecule has 1 aromatic carbocycles. The zero-order valence-corrected chi connectivity index (χ0v) is 16.4. The number of aromatic nitrogens is 2. The molecule has 6 nitrogen and oxygen atoms in total. The molecule has 3 aromatic rings. The van der Waals surface area contributed by atoms with Crippen LogP contribution in [0.2, 0.25) is 0 Å². The minimum atomic E-state index is -0.110. The van der Waals surface area contributed by atoms with Crippen molar-refractivity contribution in [2.75, 3.05) is 7.11 Å². The first-order valence-electron chi connectivity index (χ1n) is 8.88. The van der Waals surface area contributed by atoms with Crippen molar-refractivity contribution in [2.45, 2.75) is 32.4 Å². The Bertz CT molecular complexity index is 1060. The summed E-state index contributed by atoms with van der Waals surface area (Å²) in [4.78, 5) is 33.2. The van der Waals surface area contributed by atoms with E-state index in [-0.39, 0.29) is 17.5 Å². The number of fused-ring (bicyclic) bond motifs is 1. The Balaban J connectivity index is 1.68. The summed E-state index contributed by atoms with van der Waals surface area (Å²) in [6, 6.07) is 8.04. The van der Waals surface area contributed by atoms with Gasteiger partial charge in [-0.05, 0) is 43.0 Å². The van der Waals surface area contributed by atoms with Crippen LogP contribution in [0.3, 0.4) is 0 Å². The predicted molar refractivity (Wildman–Crippen MR) is 105 cm³/mol. The van der Waals surface area contributed by atoms with Crippen LogP contribution in [0.1, 0.15) is 33.6 Å². The molecule has 2 aromatic heterocycles. The van der Waals surface area contributed by atoms with E-state index >= 15 is 0 Å². The van der Waals surface area contributed by atoms with Crippen LogP contribution < -0.4 is 10.3 Å². The Morgan fingerprint density at radius 3 is 2.67 bits per heavy atom. The number of carbonyl (C=O) groups is 1. The number of aryl methyl sites for hydroxylation is 2. The second kappa shape index (κ2) is 6.81. The molecule has 0 saturated heterocycles. The van der Waals surface area contributed by atoms with Crippen molar-refractivity contribution in [2.24, 2.45) is 7.05 Å². The van der Waals surface area contributed by atoms with Gasteiger partial charge in [0.05, 0.1) is 23.7 Å². The number of benzene rings is 1. The second-order valence-corrected chi connectivity index (χ2v) is 7.91. The van der Waals surface area contributed by atoms with E-state index in [4.69, 9.17) is 4.74 Å². The van der Waals surface area contributed by atoms with Gasteiger partial charge in [-0.2, -0.15) is 0 Å². The van der Waals surface area contributed by atoms with Crippen LogP contribution in [-0.4, -0.2) is 33.5 Å². The fraction of sp³-hybridized carbons (Fsp3) is 0.350. The van der Waals surface area contributed by atoms with Crippen LogP contribution in [0.4, 0.5) is 0 Å². The van der Waals surface area contributed by atoms with Gasteiger partial charge < -0.3 is 14.2 Å². The van der Waals surface area contributed by atoms with E-state index < -0.39 is 0 Å². The molecule has 1 amide bonds. The lowest BCUT2D eigenvalue weighted by molar-refractivity contribution is 0.0734. The molecule has 0 bridgehead atoms. The number of hydrogen-bond donors (Lipinski definition) is 0. The van der Waals surface area contributed by atoms with E-state index in [0.717, 1.165) is 29.7 Å². The molecule has 140 valence electrons. The molecule has 0 spiro atoms. The van der Waals surface area contributed by atoms with Gasteiger partial charge in [0.1, 0.15) is 10.6 Å². The van der Waals surface area contributed by atoms with E-state index in [1.807, 2.05) is 36.1 Å². The molecule has 0 radical (unpaired) electrons. The van der Waals surface area contributed by atoms with Crippen LogP contribution >= 0.6 is 11.3 Å². The highest BCUT2D eigenvalue weighted by Crippen LogP contribution is 2.34. The molecule has 27 heavy (non-hydrogen) atoms. The minimum Gasteiger partial charge on any atom is -0.497 e. The predicted octanol–water partition coefficient (Wildman–Crippen LogP) is 3.12. The number of amides is 1. The Morgan fingerprint density at radius 1 is 1.33 bits per heavy atom. The van der Waals surface area contributed by atoms with Gasteiger partial charge in [-0.15, -0.1) is 11.3 Å². The summed E-state index contributed by atoms with van der Waals surface area (Å²) >= 11 is 1.31. The Labute approximate surface area is 161 Å². The number of methoxy groups -OCH3 is 1. The maximum atomic E-state index is 13.3.